The fourth-order valence-corrected chi connectivity index (χ4v) is 3.85. The van der Waals surface area contributed by atoms with Crippen LogP contribution in [0.3, 0.4) is 0 Å². The van der Waals surface area contributed by atoms with Gasteiger partial charge in [-0.05, 0) is 43.5 Å². The highest BCUT2D eigenvalue weighted by atomic mass is 16.2. The Morgan fingerprint density at radius 1 is 1.25 bits per heavy atom. The van der Waals surface area contributed by atoms with E-state index in [1.54, 1.807) is 10.8 Å². The van der Waals surface area contributed by atoms with Crippen molar-refractivity contribution in [1.29, 1.82) is 0 Å². The van der Waals surface area contributed by atoms with Gasteiger partial charge in [0.15, 0.2) is 0 Å². The normalized spacial score (nSPS) is 15.1. The molecule has 1 N–H and O–H groups in total. The first-order chi connectivity index (χ1) is 13.7. The molecule has 2 aromatic heterocycles. The summed E-state index contributed by atoms with van der Waals surface area (Å²) in [6, 6.07) is 9.62. The van der Waals surface area contributed by atoms with Gasteiger partial charge in [-0.1, -0.05) is 12.1 Å². The molecule has 1 amide bonds. The summed E-state index contributed by atoms with van der Waals surface area (Å²) in [5.74, 6) is 1.06. The smallest absolute Gasteiger partial charge is 0.339 e. The van der Waals surface area contributed by atoms with Crippen LogP contribution in [0, 0.1) is 0 Å². The minimum Gasteiger partial charge on any atom is -0.339 e. The summed E-state index contributed by atoms with van der Waals surface area (Å²) in [5, 5.41) is 11.0. The van der Waals surface area contributed by atoms with E-state index in [0.29, 0.717) is 31.7 Å². The largest absolute Gasteiger partial charge is 0.343 e. The lowest BCUT2D eigenvalue weighted by molar-refractivity contribution is 0.0710. The molecule has 8 heteroatoms. The molecule has 0 saturated carbocycles. The highest BCUT2D eigenvalue weighted by Crippen LogP contribution is 2.26. The van der Waals surface area contributed by atoms with E-state index in [9.17, 15) is 9.59 Å². The molecule has 3 aromatic rings. The number of likely N-dealkylation sites (tertiary alicyclic amines) is 1. The van der Waals surface area contributed by atoms with Gasteiger partial charge in [0.1, 0.15) is 5.82 Å². The molecular weight excluding hydrogens is 356 g/mol. The molecule has 1 saturated heterocycles. The van der Waals surface area contributed by atoms with E-state index in [1.165, 1.54) is 0 Å². The quantitative estimate of drug-likeness (QED) is 0.732. The van der Waals surface area contributed by atoms with E-state index >= 15 is 0 Å². The first kappa shape index (κ1) is 18.2. The van der Waals surface area contributed by atoms with Gasteiger partial charge in [0.05, 0.1) is 6.54 Å². The van der Waals surface area contributed by atoms with Crippen LogP contribution < -0.4 is 5.69 Å². The average Bonchev–Trinajstić information content (AvgIpc) is 3.37. The van der Waals surface area contributed by atoms with Gasteiger partial charge in [-0.15, -0.1) is 0 Å². The molecule has 8 nitrogen and oxygen atoms in total. The number of hydrogen-bond donors (Lipinski definition) is 1. The number of rotatable bonds is 5. The van der Waals surface area contributed by atoms with Crippen LogP contribution in [0.1, 0.15) is 47.4 Å². The predicted molar refractivity (Wildman–Crippen MR) is 104 cm³/mol. The van der Waals surface area contributed by atoms with E-state index in [1.807, 2.05) is 53.0 Å². The number of hydrogen-bond acceptors (Lipinski definition) is 4. The number of aromatic amines is 1. The van der Waals surface area contributed by atoms with Crippen molar-refractivity contribution < 1.29 is 4.79 Å². The molecule has 0 atom stereocenters. The summed E-state index contributed by atoms with van der Waals surface area (Å²) < 4.78 is 3.52. The molecule has 1 fully saturated rings. The Kier molecular flexibility index (Phi) is 5.10. The lowest BCUT2D eigenvalue weighted by Crippen LogP contribution is -2.38. The second kappa shape index (κ2) is 7.84. The third kappa shape index (κ3) is 3.62. The molecule has 0 spiro atoms. The third-order valence-electron chi connectivity index (χ3n) is 5.33. The van der Waals surface area contributed by atoms with Gasteiger partial charge in [-0.3, -0.25) is 14.0 Å². The maximum Gasteiger partial charge on any atom is 0.343 e. The fourth-order valence-electron chi connectivity index (χ4n) is 3.85. The monoisotopic (exact) mass is 380 g/mol. The highest BCUT2D eigenvalue weighted by molar-refractivity contribution is 5.94. The number of nitrogens with zero attached hydrogens (tertiary/aromatic N) is 5. The minimum atomic E-state index is -0.162. The topological polar surface area (TPSA) is 88.8 Å². The van der Waals surface area contributed by atoms with Gasteiger partial charge in [0.2, 0.25) is 0 Å². The minimum absolute atomic E-state index is 0.0516. The second-order valence-corrected chi connectivity index (χ2v) is 7.10. The van der Waals surface area contributed by atoms with Crippen LogP contribution in [-0.4, -0.2) is 48.4 Å². The average molecular weight is 380 g/mol. The molecule has 1 aromatic carbocycles. The van der Waals surface area contributed by atoms with Crippen molar-refractivity contribution in [3.05, 3.63) is 70.2 Å². The standard InChI is InChI=1S/C20H24N6O2/c1-2-26-18(22-23-20(26)28)16-7-11-24(12-8-16)19(27)17-6-3-5-15(13-17)14-25-10-4-9-21-25/h3-6,9-10,13,16H,2,7-8,11-12,14H2,1H3,(H,23,28). The first-order valence-electron chi connectivity index (χ1n) is 9.66. The lowest BCUT2D eigenvalue weighted by Gasteiger charge is -2.31. The molecular formula is C20H24N6O2. The summed E-state index contributed by atoms with van der Waals surface area (Å²) in [5.41, 5.74) is 1.59. The molecule has 28 heavy (non-hydrogen) atoms. The maximum atomic E-state index is 13.0. The molecule has 146 valence electrons. The SMILES string of the molecule is CCn1c(C2CCN(C(=O)c3cccc(Cn4cccn4)c3)CC2)n[nH]c1=O. The summed E-state index contributed by atoms with van der Waals surface area (Å²) in [7, 11) is 0. The third-order valence-corrected chi connectivity index (χ3v) is 5.33. The van der Waals surface area contributed by atoms with Crippen molar-refractivity contribution in [3.8, 4) is 0 Å². The van der Waals surface area contributed by atoms with Crippen LogP contribution in [0.2, 0.25) is 0 Å². The van der Waals surface area contributed by atoms with Gasteiger partial charge in [0, 0.05) is 43.5 Å². The summed E-state index contributed by atoms with van der Waals surface area (Å²) in [4.78, 5) is 26.6. The lowest BCUT2D eigenvalue weighted by atomic mass is 9.95. The molecule has 4 rings (SSSR count). The number of aromatic nitrogens is 5. The number of carbonyl (C=O) groups is 1. The van der Waals surface area contributed by atoms with E-state index in [-0.39, 0.29) is 17.5 Å². The highest BCUT2D eigenvalue weighted by Gasteiger charge is 2.27. The molecule has 1 aliphatic heterocycles. The number of amides is 1. The van der Waals surface area contributed by atoms with Crippen LogP contribution in [-0.2, 0) is 13.1 Å². The zero-order chi connectivity index (χ0) is 19.5. The van der Waals surface area contributed by atoms with Crippen LogP contribution in [0.25, 0.3) is 0 Å². The van der Waals surface area contributed by atoms with Crippen LogP contribution in [0.4, 0.5) is 0 Å². The zero-order valence-corrected chi connectivity index (χ0v) is 15.9. The molecule has 0 aliphatic carbocycles. The Bertz CT molecular complexity index is 996. The molecule has 0 unspecified atom stereocenters. The van der Waals surface area contributed by atoms with Gasteiger partial charge >= 0.3 is 5.69 Å². The maximum absolute atomic E-state index is 13.0. The molecule has 1 aliphatic rings. The van der Waals surface area contributed by atoms with E-state index in [2.05, 4.69) is 15.3 Å². The zero-order valence-electron chi connectivity index (χ0n) is 15.9. The number of H-pyrrole nitrogens is 1. The van der Waals surface area contributed by atoms with E-state index < -0.39 is 0 Å². The number of nitrogens with one attached hydrogen (secondary N) is 1. The van der Waals surface area contributed by atoms with Crippen molar-refractivity contribution in [2.24, 2.45) is 0 Å². The Morgan fingerprint density at radius 3 is 2.79 bits per heavy atom. The molecule has 0 bridgehead atoms. The van der Waals surface area contributed by atoms with Crippen LogP contribution in [0.15, 0.2) is 47.5 Å². The Morgan fingerprint density at radius 2 is 2.07 bits per heavy atom. The second-order valence-electron chi connectivity index (χ2n) is 7.10. The van der Waals surface area contributed by atoms with E-state index in [0.717, 1.165) is 24.2 Å². The fraction of sp³-hybridized carbons (Fsp3) is 0.400. The van der Waals surface area contributed by atoms with Crippen molar-refractivity contribution in [3.63, 3.8) is 0 Å². The van der Waals surface area contributed by atoms with E-state index in [4.69, 9.17) is 0 Å². The number of piperidine rings is 1. The Hall–Kier alpha value is -3.16. The van der Waals surface area contributed by atoms with Crippen LogP contribution >= 0.6 is 0 Å². The van der Waals surface area contributed by atoms with Gasteiger partial charge in [0.25, 0.3) is 5.91 Å². The van der Waals surface area contributed by atoms with Crippen molar-refractivity contribution in [2.45, 2.75) is 38.8 Å². The molecule has 3 heterocycles. The first-order valence-corrected chi connectivity index (χ1v) is 9.66. The van der Waals surface area contributed by atoms with Crippen molar-refractivity contribution in [1.82, 2.24) is 29.4 Å². The Labute approximate surface area is 162 Å². The van der Waals surface area contributed by atoms with Crippen LogP contribution in [0.5, 0.6) is 0 Å². The van der Waals surface area contributed by atoms with Gasteiger partial charge in [-0.25, -0.2) is 9.89 Å². The van der Waals surface area contributed by atoms with Gasteiger partial charge < -0.3 is 4.90 Å². The predicted octanol–water partition coefficient (Wildman–Crippen LogP) is 1.86. The summed E-state index contributed by atoms with van der Waals surface area (Å²) >= 11 is 0. The molecule has 0 radical (unpaired) electrons. The van der Waals surface area contributed by atoms with Crippen molar-refractivity contribution >= 4 is 5.91 Å². The summed E-state index contributed by atoms with van der Waals surface area (Å²) in [6.07, 6.45) is 5.27. The number of carbonyl (C=O) groups excluding carboxylic acids is 1. The van der Waals surface area contributed by atoms with Gasteiger partial charge in [-0.2, -0.15) is 10.2 Å². The number of benzene rings is 1. The Balaban J connectivity index is 1.42. The van der Waals surface area contributed by atoms with Crippen molar-refractivity contribution in [2.75, 3.05) is 13.1 Å². The summed E-state index contributed by atoms with van der Waals surface area (Å²) in [6.45, 7) is 4.52.